The summed E-state index contributed by atoms with van der Waals surface area (Å²) in [5.41, 5.74) is 1.69. The van der Waals surface area contributed by atoms with Crippen molar-refractivity contribution in [1.29, 1.82) is 0 Å². The van der Waals surface area contributed by atoms with Gasteiger partial charge in [0, 0.05) is 12.7 Å². The molecule has 0 saturated carbocycles. The molecular weight excluding hydrogens is 286 g/mol. The Morgan fingerprint density at radius 1 is 1.48 bits per heavy atom. The van der Waals surface area contributed by atoms with E-state index < -0.39 is 0 Å². The molecule has 5 nitrogen and oxygen atoms in total. The molecule has 0 bridgehead atoms. The maximum atomic E-state index is 12.8. The number of pyridine rings is 1. The van der Waals surface area contributed by atoms with E-state index in [4.69, 9.17) is 4.74 Å². The van der Waals surface area contributed by atoms with E-state index in [0.29, 0.717) is 10.1 Å². The fourth-order valence-electron chi connectivity index (χ4n) is 2.68. The van der Waals surface area contributed by atoms with Crippen molar-refractivity contribution in [2.24, 2.45) is 0 Å². The molecule has 1 fully saturated rings. The van der Waals surface area contributed by atoms with Crippen LogP contribution >= 0.6 is 11.3 Å². The van der Waals surface area contributed by atoms with Crippen LogP contribution in [-0.2, 0) is 0 Å². The van der Waals surface area contributed by atoms with Crippen molar-refractivity contribution < 1.29 is 9.53 Å². The number of likely N-dealkylation sites (tertiary alicyclic amines) is 1. The van der Waals surface area contributed by atoms with Gasteiger partial charge in [0.05, 0.1) is 24.5 Å². The van der Waals surface area contributed by atoms with E-state index in [-0.39, 0.29) is 11.9 Å². The first-order chi connectivity index (χ1) is 10.2. The van der Waals surface area contributed by atoms with Crippen molar-refractivity contribution in [3.05, 3.63) is 40.7 Å². The molecule has 0 aliphatic carbocycles. The first-order valence-corrected chi connectivity index (χ1v) is 7.75. The van der Waals surface area contributed by atoms with Gasteiger partial charge >= 0.3 is 0 Å². The van der Waals surface area contributed by atoms with Gasteiger partial charge in [0.15, 0.2) is 0 Å². The summed E-state index contributed by atoms with van der Waals surface area (Å²) in [7, 11) is 1.57. The fourth-order valence-corrected chi connectivity index (χ4v) is 3.52. The largest absolute Gasteiger partial charge is 0.473 e. The molecule has 110 valence electrons. The zero-order valence-corrected chi connectivity index (χ0v) is 12.9. The van der Waals surface area contributed by atoms with Crippen LogP contribution in [0.15, 0.2) is 24.4 Å². The summed E-state index contributed by atoms with van der Waals surface area (Å²) in [6, 6.07) is 5.90. The number of carbonyl (C=O) groups excluding carboxylic acids is 1. The summed E-state index contributed by atoms with van der Waals surface area (Å²) >= 11 is 1.31. The molecule has 1 aliphatic rings. The van der Waals surface area contributed by atoms with Crippen molar-refractivity contribution in [3.8, 4) is 5.19 Å². The molecule has 1 unspecified atom stereocenters. The van der Waals surface area contributed by atoms with E-state index in [1.807, 2.05) is 30.0 Å². The van der Waals surface area contributed by atoms with Crippen LogP contribution in [0.25, 0.3) is 0 Å². The number of hydrogen-bond acceptors (Lipinski definition) is 5. The molecule has 3 heterocycles. The molecule has 1 atom stereocenters. The lowest BCUT2D eigenvalue weighted by atomic mass is 10.1. The number of nitrogens with zero attached hydrogens (tertiary/aromatic N) is 3. The summed E-state index contributed by atoms with van der Waals surface area (Å²) < 4.78 is 5.12. The summed E-state index contributed by atoms with van der Waals surface area (Å²) in [4.78, 5) is 24.0. The van der Waals surface area contributed by atoms with Gasteiger partial charge in [-0.15, -0.1) is 0 Å². The van der Waals surface area contributed by atoms with Crippen LogP contribution in [0.5, 0.6) is 5.19 Å². The Hall–Kier alpha value is -1.95. The van der Waals surface area contributed by atoms with Gasteiger partial charge in [0.1, 0.15) is 4.88 Å². The maximum absolute atomic E-state index is 12.8. The number of rotatable bonds is 3. The Labute approximate surface area is 127 Å². The minimum absolute atomic E-state index is 0.0291. The predicted molar refractivity (Wildman–Crippen MR) is 80.7 cm³/mol. The Balaban J connectivity index is 1.88. The number of amides is 1. The number of aryl methyl sites for hydroxylation is 1. The Morgan fingerprint density at radius 3 is 3.00 bits per heavy atom. The number of aromatic nitrogens is 2. The fraction of sp³-hybridized carbons (Fsp3) is 0.400. The van der Waals surface area contributed by atoms with E-state index in [2.05, 4.69) is 9.97 Å². The quantitative estimate of drug-likeness (QED) is 0.875. The molecule has 0 N–H and O–H groups in total. The van der Waals surface area contributed by atoms with Crippen LogP contribution in [0.3, 0.4) is 0 Å². The second-order valence-corrected chi connectivity index (χ2v) is 5.97. The van der Waals surface area contributed by atoms with Gasteiger partial charge < -0.3 is 9.64 Å². The summed E-state index contributed by atoms with van der Waals surface area (Å²) in [5, 5.41) is 0.532. The van der Waals surface area contributed by atoms with Crippen LogP contribution in [0, 0.1) is 6.92 Å². The number of methoxy groups -OCH3 is 1. The SMILES string of the molecule is COc1nc(C)c(C(=O)N2CCCC2c2ccccn2)s1. The highest BCUT2D eigenvalue weighted by Crippen LogP contribution is 2.34. The third-order valence-corrected chi connectivity index (χ3v) is 4.80. The number of carbonyl (C=O) groups is 1. The van der Waals surface area contributed by atoms with Gasteiger partial charge in [-0.25, -0.2) is 4.98 Å². The smallest absolute Gasteiger partial charge is 0.273 e. The average molecular weight is 303 g/mol. The van der Waals surface area contributed by atoms with Crippen molar-refractivity contribution in [2.75, 3.05) is 13.7 Å². The van der Waals surface area contributed by atoms with Crippen LogP contribution in [0.4, 0.5) is 0 Å². The van der Waals surface area contributed by atoms with Crippen molar-refractivity contribution >= 4 is 17.2 Å². The highest BCUT2D eigenvalue weighted by molar-refractivity contribution is 7.15. The number of ether oxygens (including phenoxy) is 1. The van der Waals surface area contributed by atoms with E-state index >= 15 is 0 Å². The Kier molecular flexibility index (Phi) is 3.88. The molecule has 0 spiro atoms. The first kappa shape index (κ1) is 14.0. The Bertz CT molecular complexity index is 642. The minimum Gasteiger partial charge on any atom is -0.473 e. The molecule has 1 aliphatic heterocycles. The van der Waals surface area contributed by atoms with Gasteiger partial charge in [0.2, 0.25) is 0 Å². The lowest BCUT2D eigenvalue weighted by Crippen LogP contribution is -2.30. The average Bonchev–Trinajstić information content (AvgIpc) is 3.14. The number of hydrogen-bond donors (Lipinski definition) is 0. The van der Waals surface area contributed by atoms with E-state index in [1.165, 1.54) is 11.3 Å². The van der Waals surface area contributed by atoms with Crippen LogP contribution < -0.4 is 4.74 Å². The molecule has 1 saturated heterocycles. The van der Waals surface area contributed by atoms with Crippen LogP contribution in [-0.4, -0.2) is 34.4 Å². The second-order valence-electron chi connectivity index (χ2n) is 5.01. The topological polar surface area (TPSA) is 55.3 Å². The van der Waals surface area contributed by atoms with Gasteiger partial charge in [-0.1, -0.05) is 17.4 Å². The van der Waals surface area contributed by atoms with Gasteiger partial charge in [-0.05, 0) is 31.9 Å². The molecule has 2 aromatic rings. The summed E-state index contributed by atoms with van der Waals surface area (Å²) in [5.74, 6) is 0.0291. The molecule has 21 heavy (non-hydrogen) atoms. The normalized spacial score (nSPS) is 18.0. The third-order valence-electron chi connectivity index (χ3n) is 3.69. The van der Waals surface area contributed by atoms with E-state index in [0.717, 1.165) is 30.8 Å². The van der Waals surface area contributed by atoms with Gasteiger partial charge in [0.25, 0.3) is 11.1 Å². The molecular formula is C15H17N3O2S. The van der Waals surface area contributed by atoms with Crippen LogP contribution in [0.1, 0.15) is 39.9 Å². The molecule has 0 aromatic carbocycles. The van der Waals surface area contributed by atoms with Gasteiger partial charge in [-0.3, -0.25) is 9.78 Å². The van der Waals surface area contributed by atoms with Gasteiger partial charge in [-0.2, -0.15) is 0 Å². The molecule has 6 heteroatoms. The lowest BCUT2D eigenvalue weighted by molar-refractivity contribution is 0.0737. The Morgan fingerprint density at radius 2 is 2.33 bits per heavy atom. The van der Waals surface area contributed by atoms with Crippen molar-refractivity contribution in [2.45, 2.75) is 25.8 Å². The molecule has 1 amide bonds. The maximum Gasteiger partial charge on any atom is 0.273 e. The molecule has 0 radical (unpaired) electrons. The minimum atomic E-state index is 0.0291. The highest BCUT2D eigenvalue weighted by Gasteiger charge is 2.33. The van der Waals surface area contributed by atoms with E-state index in [1.54, 1.807) is 13.3 Å². The zero-order valence-electron chi connectivity index (χ0n) is 12.1. The first-order valence-electron chi connectivity index (χ1n) is 6.94. The van der Waals surface area contributed by atoms with Crippen molar-refractivity contribution in [1.82, 2.24) is 14.9 Å². The van der Waals surface area contributed by atoms with Crippen molar-refractivity contribution in [3.63, 3.8) is 0 Å². The van der Waals surface area contributed by atoms with E-state index in [9.17, 15) is 4.79 Å². The third kappa shape index (κ3) is 2.63. The monoisotopic (exact) mass is 303 g/mol. The second kappa shape index (κ2) is 5.81. The lowest BCUT2D eigenvalue weighted by Gasteiger charge is -2.23. The standard InChI is InChI=1S/C15H17N3O2S/c1-10-13(21-15(17-10)20-2)14(19)18-9-5-7-12(18)11-6-3-4-8-16-11/h3-4,6,8,12H,5,7,9H2,1-2H3. The molecule has 3 rings (SSSR count). The predicted octanol–water partition coefficient (Wildman–Crippen LogP) is 2.83. The summed E-state index contributed by atoms with van der Waals surface area (Å²) in [6.07, 6.45) is 3.73. The highest BCUT2D eigenvalue weighted by atomic mass is 32.1. The molecule has 2 aromatic heterocycles. The zero-order chi connectivity index (χ0) is 14.8. The number of thiazole rings is 1. The summed E-state index contributed by atoms with van der Waals surface area (Å²) in [6.45, 7) is 2.61. The van der Waals surface area contributed by atoms with Crippen LogP contribution in [0.2, 0.25) is 0 Å².